The van der Waals surface area contributed by atoms with E-state index in [1.165, 1.54) is 11.1 Å². The lowest BCUT2D eigenvalue weighted by Gasteiger charge is -2.20. The fourth-order valence-corrected chi connectivity index (χ4v) is 3.47. The van der Waals surface area contributed by atoms with Gasteiger partial charge in [-0.25, -0.2) is 4.98 Å². The molecule has 2 aromatic carbocycles. The number of nitrogens with zero attached hydrogens (tertiary/aromatic N) is 3. The minimum atomic E-state index is 0.278. The second kappa shape index (κ2) is 11.1. The standard InChI is InChI=1S/C24H31N5/c1-20-26-16-18-29(20)17-10-9-15-27-24(25-2)28-19-23(21-11-5-3-6-12-21)22-13-7-4-8-14-22/h3-8,11-14,16,18,23H,9-10,15,17,19H2,1-2H3,(H2,25,27,28). The molecule has 5 heteroatoms. The third-order valence-corrected chi connectivity index (χ3v) is 5.14. The van der Waals surface area contributed by atoms with Gasteiger partial charge in [0.2, 0.25) is 0 Å². The summed E-state index contributed by atoms with van der Waals surface area (Å²) in [6, 6.07) is 21.3. The molecule has 0 radical (unpaired) electrons. The van der Waals surface area contributed by atoms with Gasteiger partial charge in [-0.3, -0.25) is 4.99 Å². The zero-order valence-electron chi connectivity index (χ0n) is 17.4. The molecule has 0 fully saturated rings. The number of imidazole rings is 1. The SMILES string of the molecule is CN=C(NCCCCn1ccnc1C)NCC(c1ccccc1)c1ccccc1. The lowest BCUT2D eigenvalue weighted by atomic mass is 9.91. The second-order valence-corrected chi connectivity index (χ2v) is 7.13. The fourth-order valence-electron chi connectivity index (χ4n) is 3.47. The van der Waals surface area contributed by atoms with Crippen molar-refractivity contribution < 1.29 is 0 Å². The zero-order valence-corrected chi connectivity index (χ0v) is 17.4. The van der Waals surface area contributed by atoms with E-state index in [1.807, 2.05) is 26.4 Å². The Bertz CT molecular complexity index is 831. The van der Waals surface area contributed by atoms with E-state index in [4.69, 9.17) is 0 Å². The molecule has 29 heavy (non-hydrogen) atoms. The minimum absolute atomic E-state index is 0.278. The first-order valence-electron chi connectivity index (χ1n) is 10.3. The van der Waals surface area contributed by atoms with Crippen LogP contribution in [0.4, 0.5) is 0 Å². The zero-order chi connectivity index (χ0) is 20.3. The lowest BCUT2D eigenvalue weighted by Crippen LogP contribution is -2.40. The number of hydrogen-bond donors (Lipinski definition) is 2. The second-order valence-electron chi connectivity index (χ2n) is 7.13. The summed E-state index contributed by atoms with van der Waals surface area (Å²) in [7, 11) is 1.82. The third kappa shape index (κ3) is 6.21. The van der Waals surface area contributed by atoms with Crippen molar-refractivity contribution in [2.45, 2.75) is 32.2 Å². The van der Waals surface area contributed by atoms with E-state index < -0.39 is 0 Å². The molecule has 0 saturated heterocycles. The van der Waals surface area contributed by atoms with Crippen molar-refractivity contribution in [1.29, 1.82) is 0 Å². The molecular formula is C24H31N5. The van der Waals surface area contributed by atoms with Crippen molar-refractivity contribution in [3.8, 4) is 0 Å². The van der Waals surface area contributed by atoms with E-state index in [0.717, 1.165) is 44.3 Å². The van der Waals surface area contributed by atoms with Crippen LogP contribution in [0.25, 0.3) is 0 Å². The van der Waals surface area contributed by atoms with Gasteiger partial charge in [0, 0.05) is 45.0 Å². The van der Waals surface area contributed by atoms with Gasteiger partial charge >= 0.3 is 0 Å². The van der Waals surface area contributed by atoms with Crippen LogP contribution >= 0.6 is 0 Å². The molecule has 0 aliphatic carbocycles. The van der Waals surface area contributed by atoms with Gasteiger partial charge in [0.25, 0.3) is 0 Å². The highest BCUT2D eigenvalue weighted by atomic mass is 15.2. The summed E-state index contributed by atoms with van der Waals surface area (Å²) < 4.78 is 2.19. The molecule has 3 rings (SSSR count). The molecule has 0 unspecified atom stereocenters. The fraction of sp³-hybridized carbons (Fsp3) is 0.333. The molecule has 0 amide bonds. The van der Waals surface area contributed by atoms with Crippen LogP contribution < -0.4 is 10.6 Å². The number of aliphatic imine (C=N–C) groups is 1. The van der Waals surface area contributed by atoms with Gasteiger partial charge in [-0.1, -0.05) is 60.7 Å². The van der Waals surface area contributed by atoms with Crippen LogP contribution in [0.15, 0.2) is 78.0 Å². The Morgan fingerprint density at radius 1 is 0.966 bits per heavy atom. The van der Waals surface area contributed by atoms with Crippen LogP contribution in [0.5, 0.6) is 0 Å². The normalized spacial score (nSPS) is 11.6. The summed E-state index contributed by atoms with van der Waals surface area (Å²) >= 11 is 0. The van der Waals surface area contributed by atoms with Gasteiger partial charge < -0.3 is 15.2 Å². The van der Waals surface area contributed by atoms with E-state index in [0.29, 0.717) is 0 Å². The minimum Gasteiger partial charge on any atom is -0.356 e. The molecule has 1 heterocycles. The Balaban J connectivity index is 1.49. The molecule has 1 aromatic heterocycles. The Hall–Kier alpha value is -3.08. The molecule has 0 atom stereocenters. The van der Waals surface area contributed by atoms with E-state index in [9.17, 15) is 0 Å². The highest BCUT2D eigenvalue weighted by Crippen LogP contribution is 2.23. The van der Waals surface area contributed by atoms with Gasteiger partial charge in [-0.15, -0.1) is 0 Å². The Morgan fingerprint density at radius 2 is 1.62 bits per heavy atom. The first kappa shape index (κ1) is 20.6. The van der Waals surface area contributed by atoms with E-state index >= 15 is 0 Å². The maximum absolute atomic E-state index is 4.39. The number of hydrogen-bond acceptors (Lipinski definition) is 2. The molecule has 0 saturated carbocycles. The van der Waals surface area contributed by atoms with Crippen LogP contribution in [0.3, 0.4) is 0 Å². The molecule has 0 spiro atoms. The Labute approximate surface area is 173 Å². The maximum Gasteiger partial charge on any atom is 0.191 e. The predicted molar refractivity (Wildman–Crippen MR) is 120 cm³/mol. The maximum atomic E-state index is 4.39. The number of unbranched alkanes of at least 4 members (excludes halogenated alkanes) is 1. The first-order valence-corrected chi connectivity index (χ1v) is 10.3. The summed E-state index contributed by atoms with van der Waals surface area (Å²) in [5, 5.41) is 6.94. The summed E-state index contributed by atoms with van der Waals surface area (Å²) in [4.78, 5) is 8.65. The molecular weight excluding hydrogens is 358 g/mol. The van der Waals surface area contributed by atoms with Gasteiger partial charge in [0.15, 0.2) is 5.96 Å². The highest BCUT2D eigenvalue weighted by Gasteiger charge is 2.14. The van der Waals surface area contributed by atoms with E-state index in [-0.39, 0.29) is 5.92 Å². The van der Waals surface area contributed by atoms with E-state index in [1.54, 1.807) is 0 Å². The van der Waals surface area contributed by atoms with Crippen LogP contribution in [-0.2, 0) is 6.54 Å². The van der Waals surface area contributed by atoms with Gasteiger partial charge in [-0.05, 0) is 30.9 Å². The smallest absolute Gasteiger partial charge is 0.191 e. The van der Waals surface area contributed by atoms with Crippen molar-refractivity contribution in [2.24, 2.45) is 4.99 Å². The van der Waals surface area contributed by atoms with Crippen LogP contribution in [0.1, 0.15) is 35.7 Å². The van der Waals surface area contributed by atoms with Crippen molar-refractivity contribution in [3.05, 3.63) is 90.0 Å². The summed E-state index contributed by atoms with van der Waals surface area (Å²) in [6.45, 7) is 4.74. The number of nitrogens with one attached hydrogen (secondary N) is 2. The molecule has 2 N–H and O–H groups in total. The highest BCUT2D eigenvalue weighted by molar-refractivity contribution is 5.79. The van der Waals surface area contributed by atoms with Crippen molar-refractivity contribution in [1.82, 2.24) is 20.2 Å². The molecule has 0 bridgehead atoms. The lowest BCUT2D eigenvalue weighted by molar-refractivity contribution is 0.587. The quantitative estimate of drug-likeness (QED) is 0.331. The Kier molecular flexibility index (Phi) is 7.87. The van der Waals surface area contributed by atoms with Crippen molar-refractivity contribution in [3.63, 3.8) is 0 Å². The van der Waals surface area contributed by atoms with E-state index in [2.05, 4.69) is 85.8 Å². The number of guanidine groups is 1. The molecule has 5 nitrogen and oxygen atoms in total. The first-order chi connectivity index (χ1) is 14.3. The summed E-state index contributed by atoms with van der Waals surface area (Å²) in [6.07, 6.45) is 6.09. The van der Waals surface area contributed by atoms with Crippen molar-refractivity contribution >= 4 is 5.96 Å². The van der Waals surface area contributed by atoms with Crippen LogP contribution in [0.2, 0.25) is 0 Å². The number of aromatic nitrogens is 2. The Morgan fingerprint density at radius 3 is 2.17 bits per heavy atom. The van der Waals surface area contributed by atoms with Crippen molar-refractivity contribution in [2.75, 3.05) is 20.1 Å². The largest absolute Gasteiger partial charge is 0.356 e. The number of aryl methyl sites for hydroxylation is 2. The topological polar surface area (TPSA) is 54.2 Å². The third-order valence-electron chi connectivity index (χ3n) is 5.14. The molecule has 0 aliphatic heterocycles. The van der Waals surface area contributed by atoms with Crippen LogP contribution in [-0.4, -0.2) is 35.6 Å². The number of benzene rings is 2. The molecule has 152 valence electrons. The molecule has 0 aliphatic rings. The predicted octanol–water partition coefficient (Wildman–Crippen LogP) is 3.97. The van der Waals surface area contributed by atoms with Gasteiger partial charge in [0.1, 0.15) is 5.82 Å². The van der Waals surface area contributed by atoms with Gasteiger partial charge in [0.05, 0.1) is 0 Å². The summed E-state index contributed by atoms with van der Waals surface area (Å²) in [5.41, 5.74) is 2.61. The van der Waals surface area contributed by atoms with Gasteiger partial charge in [-0.2, -0.15) is 0 Å². The average Bonchev–Trinajstić information content (AvgIpc) is 3.18. The number of rotatable bonds is 9. The summed E-state index contributed by atoms with van der Waals surface area (Å²) in [5.74, 6) is 2.20. The average molecular weight is 390 g/mol. The molecule has 3 aromatic rings. The van der Waals surface area contributed by atoms with Crippen LogP contribution in [0, 0.1) is 6.92 Å². The monoisotopic (exact) mass is 389 g/mol.